The zero-order valence-corrected chi connectivity index (χ0v) is 27.2. The molecular formula is C39H40N2O5S. The summed E-state index contributed by atoms with van der Waals surface area (Å²) in [6.07, 6.45) is -0.0460. The molecule has 5 aromatic rings. The predicted octanol–water partition coefficient (Wildman–Crippen LogP) is 7.00. The van der Waals surface area contributed by atoms with E-state index in [2.05, 4.69) is 40.9 Å². The van der Waals surface area contributed by atoms with Crippen molar-refractivity contribution in [3.63, 3.8) is 0 Å². The molecule has 2 N–H and O–H groups in total. The summed E-state index contributed by atoms with van der Waals surface area (Å²) in [5.74, 6) is 0. The molecule has 0 spiro atoms. The lowest BCUT2D eigenvalue weighted by Gasteiger charge is -2.38. The topological polar surface area (TPSA) is 88.1 Å². The zero-order chi connectivity index (χ0) is 32.6. The van der Waals surface area contributed by atoms with Crippen molar-refractivity contribution in [1.82, 2.24) is 9.62 Å². The molecule has 0 unspecified atom stereocenters. The number of ether oxygens (including phenoxy) is 2. The van der Waals surface area contributed by atoms with Crippen molar-refractivity contribution >= 4 is 10.0 Å². The normalized spacial score (nSPS) is 18.3. The van der Waals surface area contributed by atoms with Crippen molar-refractivity contribution < 1.29 is 23.0 Å². The Hall–Kier alpha value is -4.15. The van der Waals surface area contributed by atoms with Gasteiger partial charge in [0.1, 0.15) is 0 Å². The third-order valence-electron chi connectivity index (χ3n) is 8.39. The maximum atomic E-state index is 12.7. The molecule has 8 heteroatoms. The lowest BCUT2D eigenvalue weighted by Crippen LogP contribution is -2.37. The molecule has 5 aromatic carbocycles. The van der Waals surface area contributed by atoms with Crippen LogP contribution in [0.25, 0.3) is 11.1 Å². The van der Waals surface area contributed by atoms with E-state index in [-0.39, 0.29) is 30.3 Å². The highest BCUT2D eigenvalue weighted by Crippen LogP contribution is 2.38. The zero-order valence-electron chi connectivity index (χ0n) is 26.4. The Morgan fingerprint density at radius 1 is 0.723 bits per heavy atom. The SMILES string of the molecule is CN(Cc1ccccc1)C[C@H]1C[C@@H](c2ccc(CO)cc2)O[C@@H](c2ccc(-c3cccc(CNS(=O)(=O)c4ccccc4)c3)cc2)O1. The predicted molar refractivity (Wildman–Crippen MR) is 184 cm³/mol. The van der Waals surface area contributed by atoms with Gasteiger partial charge in [-0.25, -0.2) is 13.1 Å². The summed E-state index contributed by atoms with van der Waals surface area (Å²) in [4.78, 5) is 2.53. The summed E-state index contributed by atoms with van der Waals surface area (Å²) in [6.45, 7) is 1.76. The summed E-state index contributed by atoms with van der Waals surface area (Å²) >= 11 is 0. The van der Waals surface area contributed by atoms with Crippen molar-refractivity contribution in [3.8, 4) is 11.1 Å². The van der Waals surface area contributed by atoms with E-state index in [4.69, 9.17) is 9.47 Å². The molecular weight excluding hydrogens is 609 g/mol. The molecule has 0 amide bonds. The first-order valence-corrected chi connectivity index (χ1v) is 17.3. The third-order valence-corrected chi connectivity index (χ3v) is 9.81. The second-order valence-corrected chi connectivity index (χ2v) is 13.8. The van der Waals surface area contributed by atoms with Gasteiger partial charge in [-0.1, -0.05) is 115 Å². The van der Waals surface area contributed by atoms with Crippen LogP contribution in [0, 0.1) is 0 Å². The first-order valence-electron chi connectivity index (χ1n) is 15.8. The van der Waals surface area contributed by atoms with E-state index < -0.39 is 16.3 Å². The van der Waals surface area contributed by atoms with Gasteiger partial charge in [0.15, 0.2) is 6.29 Å². The van der Waals surface area contributed by atoms with E-state index in [1.807, 2.05) is 78.9 Å². The van der Waals surface area contributed by atoms with E-state index in [0.29, 0.717) is 6.42 Å². The second kappa shape index (κ2) is 15.2. The number of likely N-dealkylation sites (N-methyl/N-ethyl adjacent to an activating group) is 1. The van der Waals surface area contributed by atoms with Gasteiger partial charge in [-0.05, 0) is 58.6 Å². The molecule has 3 atom stereocenters. The highest BCUT2D eigenvalue weighted by molar-refractivity contribution is 7.89. The standard InChI is InChI=1S/C39H40N2O5S/c1-41(26-29-9-4-2-5-10-29)27-36-24-38(33-17-15-30(28-42)16-18-33)46-39(45-36)34-21-19-32(20-22-34)35-12-8-11-31(23-35)25-40-47(43,44)37-13-6-3-7-14-37/h2-23,36,38-40,42H,24-28H2,1H3/t36-,38+,39+/m1/s1. The number of sulfonamides is 1. The number of nitrogens with zero attached hydrogens (tertiary/aromatic N) is 1. The molecule has 0 saturated carbocycles. The van der Waals surface area contributed by atoms with E-state index in [1.54, 1.807) is 30.3 Å². The lowest BCUT2D eigenvalue weighted by molar-refractivity contribution is -0.252. The fourth-order valence-electron chi connectivity index (χ4n) is 5.90. The average molecular weight is 649 g/mol. The second-order valence-electron chi connectivity index (χ2n) is 12.0. The molecule has 0 bridgehead atoms. The lowest BCUT2D eigenvalue weighted by atomic mass is 9.99. The fraction of sp³-hybridized carbons (Fsp3) is 0.231. The minimum atomic E-state index is -3.60. The van der Waals surface area contributed by atoms with Gasteiger partial charge in [-0.2, -0.15) is 0 Å². The molecule has 1 aliphatic heterocycles. The van der Waals surface area contributed by atoms with Gasteiger partial charge in [0.2, 0.25) is 10.0 Å². The highest BCUT2D eigenvalue weighted by Gasteiger charge is 2.32. The minimum absolute atomic E-state index is 0.00298. The quantitative estimate of drug-likeness (QED) is 0.152. The number of rotatable bonds is 12. The largest absolute Gasteiger partial charge is 0.392 e. The summed E-state index contributed by atoms with van der Waals surface area (Å²) in [7, 11) is -1.49. The molecule has 1 heterocycles. The van der Waals surface area contributed by atoms with Crippen molar-refractivity contribution in [3.05, 3.63) is 161 Å². The number of benzene rings is 5. The Bertz CT molecular complexity index is 1830. The van der Waals surface area contributed by atoms with Gasteiger partial charge in [0, 0.05) is 31.6 Å². The van der Waals surface area contributed by atoms with Crippen LogP contribution in [0.3, 0.4) is 0 Å². The molecule has 1 aliphatic rings. The van der Waals surface area contributed by atoms with Crippen LogP contribution in [0.1, 0.15) is 46.6 Å². The van der Waals surface area contributed by atoms with Crippen LogP contribution >= 0.6 is 0 Å². The average Bonchev–Trinajstić information content (AvgIpc) is 3.11. The number of hydrogen-bond donors (Lipinski definition) is 2. The molecule has 0 radical (unpaired) electrons. The molecule has 0 aromatic heterocycles. The van der Waals surface area contributed by atoms with Crippen LogP contribution in [-0.4, -0.2) is 38.1 Å². The van der Waals surface area contributed by atoms with E-state index >= 15 is 0 Å². The smallest absolute Gasteiger partial charge is 0.240 e. The van der Waals surface area contributed by atoms with Gasteiger partial charge in [0.05, 0.1) is 23.7 Å². The summed E-state index contributed by atoms with van der Waals surface area (Å²) in [6, 6.07) is 42.8. The Labute approximate surface area is 277 Å². The maximum absolute atomic E-state index is 12.7. The number of hydrogen-bond acceptors (Lipinski definition) is 6. The number of aliphatic hydroxyl groups is 1. The van der Waals surface area contributed by atoms with Crippen LogP contribution in [0.5, 0.6) is 0 Å². The van der Waals surface area contributed by atoms with E-state index in [9.17, 15) is 13.5 Å². The van der Waals surface area contributed by atoms with Crippen LogP contribution in [-0.2, 0) is 39.2 Å². The van der Waals surface area contributed by atoms with E-state index in [1.165, 1.54) is 5.56 Å². The van der Waals surface area contributed by atoms with E-state index in [0.717, 1.165) is 46.5 Å². The summed E-state index contributed by atoms with van der Waals surface area (Å²) in [5, 5.41) is 9.53. The minimum Gasteiger partial charge on any atom is -0.392 e. The van der Waals surface area contributed by atoms with Crippen LogP contribution in [0.15, 0.2) is 138 Å². The van der Waals surface area contributed by atoms with Crippen molar-refractivity contribution in [2.75, 3.05) is 13.6 Å². The Kier molecular flexibility index (Phi) is 10.6. The van der Waals surface area contributed by atoms with Crippen molar-refractivity contribution in [2.45, 2.75) is 49.5 Å². The molecule has 6 rings (SSSR count). The van der Waals surface area contributed by atoms with Gasteiger partial charge < -0.3 is 14.6 Å². The Balaban J connectivity index is 1.16. The van der Waals surface area contributed by atoms with Crippen molar-refractivity contribution in [1.29, 1.82) is 0 Å². The molecule has 1 fully saturated rings. The highest BCUT2D eigenvalue weighted by atomic mass is 32.2. The molecule has 0 aliphatic carbocycles. The van der Waals surface area contributed by atoms with Crippen LogP contribution in [0.4, 0.5) is 0 Å². The first-order chi connectivity index (χ1) is 22.9. The fourth-order valence-corrected chi connectivity index (χ4v) is 6.93. The summed E-state index contributed by atoms with van der Waals surface area (Å²) in [5.41, 5.74) is 6.96. The van der Waals surface area contributed by atoms with Crippen LogP contribution in [0.2, 0.25) is 0 Å². The Morgan fingerprint density at radius 3 is 2.09 bits per heavy atom. The third kappa shape index (κ3) is 8.61. The summed E-state index contributed by atoms with van der Waals surface area (Å²) < 4.78 is 41.2. The molecule has 1 saturated heterocycles. The van der Waals surface area contributed by atoms with Gasteiger partial charge in [0.25, 0.3) is 0 Å². The number of nitrogens with one attached hydrogen (secondary N) is 1. The first kappa shape index (κ1) is 32.8. The van der Waals surface area contributed by atoms with Gasteiger partial charge in [-0.3, -0.25) is 4.90 Å². The van der Waals surface area contributed by atoms with Crippen molar-refractivity contribution in [2.24, 2.45) is 0 Å². The monoisotopic (exact) mass is 648 g/mol. The van der Waals surface area contributed by atoms with Crippen LogP contribution < -0.4 is 4.72 Å². The molecule has 7 nitrogen and oxygen atoms in total. The number of aliphatic hydroxyl groups excluding tert-OH is 1. The maximum Gasteiger partial charge on any atom is 0.240 e. The Morgan fingerprint density at radius 2 is 1.38 bits per heavy atom. The van der Waals surface area contributed by atoms with Gasteiger partial charge >= 0.3 is 0 Å². The molecule has 47 heavy (non-hydrogen) atoms. The van der Waals surface area contributed by atoms with Gasteiger partial charge in [-0.15, -0.1) is 0 Å². The molecule has 242 valence electrons.